The summed E-state index contributed by atoms with van der Waals surface area (Å²) in [6, 6.07) is 8.48. The zero-order valence-electron chi connectivity index (χ0n) is 16.7. The summed E-state index contributed by atoms with van der Waals surface area (Å²) >= 11 is 7.47. The molecule has 9 heteroatoms. The van der Waals surface area contributed by atoms with Crippen molar-refractivity contribution in [3.8, 4) is 11.5 Å². The zero-order chi connectivity index (χ0) is 22.8. The van der Waals surface area contributed by atoms with Gasteiger partial charge in [-0.15, -0.1) is 11.3 Å². The van der Waals surface area contributed by atoms with Gasteiger partial charge in [-0.25, -0.2) is 18.6 Å². The summed E-state index contributed by atoms with van der Waals surface area (Å²) < 4.78 is 38.8. The highest BCUT2D eigenvalue weighted by Gasteiger charge is 2.17. The number of carboxylic acid groups (broad SMARTS) is 1. The van der Waals surface area contributed by atoms with Crippen LogP contribution < -0.4 is 9.47 Å². The molecule has 0 unspecified atom stereocenters. The van der Waals surface area contributed by atoms with E-state index >= 15 is 0 Å². The van der Waals surface area contributed by atoms with Gasteiger partial charge in [-0.3, -0.25) is 0 Å². The Kier molecular flexibility index (Phi) is 6.25. The van der Waals surface area contributed by atoms with Gasteiger partial charge in [-0.2, -0.15) is 0 Å². The molecule has 0 aliphatic carbocycles. The maximum absolute atomic E-state index is 13.4. The van der Waals surface area contributed by atoms with Gasteiger partial charge in [-0.1, -0.05) is 11.6 Å². The lowest BCUT2D eigenvalue weighted by Crippen LogP contribution is -2.00. The molecular weight excluding hydrogens is 460 g/mol. The van der Waals surface area contributed by atoms with E-state index in [1.807, 2.05) is 13.0 Å². The number of benzene rings is 2. The van der Waals surface area contributed by atoms with Crippen molar-refractivity contribution < 1.29 is 28.2 Å². The number of hydrogen-bond acceptors (Lipinski definition) is 5. The molecule has 0 atom stereocenters. The van der Waals surface area contributed by atoms with Gasteiger partial charge in [0.1, 0.15) is 41.5 Å². The number of pyridine rings is 1. The van der Waals surface area contributed by atoms with Crippen molar-refractivity contribution in [2.45, 2.75) is 20.1 Å². The maximum Gasteiger partial charge on any atom is 0.338 e. The molecule has 2 aromatic carbocycles. The van der Waals surface area contributed by atoms with E-state index < -0.39 is 17.6 Å². The van der Waals surface area contributed by atoms with Crippen LogP contribution in [0, 0.1) is 18.6 Å². The smallest absolute Gasteiger partial charge is 0.338 e. The first kappa shape index (κ1) is 22.0. The largest absolute Gasteiger partial charge is 0.489 e. The Hall–Kier alpha value is -3.23. The van der Waals surface area contributed by atoms with Crippen LogP contribution in [0.2, 0.25) is 5.15 Å². The molecular formula is C23H16ClF2NO4S. The number of hydrogen-bond donors (Lipinski definition) is 1. The normalized spacial score (nSPS) is 11.0. The Morgan fingerprint density at radius 2 is 1.72 bits per heavy atom. The minimum absolute atomic E-state index is 0.00795. The van der Waals surface area contributed by atoms with Crippen LogP contribution in [0.15, 0.2) is 48.0 Å². The van der Waals surface area contributed by atoms with Crippen molar-refractivity contribution >= 4 is 39.0 Å². The van der Waals surface area contributed by atoms with Gasteiger partial charge in [0.15, 0.2) is 0 Å². The van der Waals surface area contributed by atoms with Gasteiger partial charge in [0.25, 0.3) is 0 Å². The molecule has 0 fully saturated rings. The molecule has 4 aromatic rings. The average molecular weight is 476 g/mol. The van der Waals surface area contributed by atoms with Crippen LogP contribution in [0.5, 0.6) is 11.5 Å². The van der Waals surface area contributed by atoms with Crippen molar-refractivity contribution in [3.63, 3.8) is 0 Å². The fourth-order valence-electron chi connectivity index (χ4n) is 3.22. The van der Waals surface area contributed by atoms with Crippen LogP contribution in [-0.2, 0) is 13.2 Å². The van der Waals surface area contributed by atoms with Gasteiger partial charge in [0, 0.05) is 29.3 Å². The molecule has 0 radical (unpaired) electrons. The number of aryl methyl sites for hydroxylation is 1. The van der Waals surface area contributed by atoms with Crippen LogP contribution >= 0.6 is 22.9 Å². The fraction of sp³-hybridized carbons (Fsp3) is 0.130. The van der Waals surface area contributed by atoms with E-state index in [2.05, 4.69) is 4.98 Å². The highest BCUT2D eigenvalue weighted by Crippen LogP contribution is 2.34. The Labute approximate surface area is 190 Å². The molecule has 5 nitrogen and oxygen atoms in total. The lowest BCUT2D eigenvalue weighted by molar-refractivity contribution is 0.0699. The van der Waals surface area contributed by atoms with E-state index in [9.17, 15) is 18.7 Å². The van der Waals surface area contributed by atoms with Gasteiger partial charge >= 0.3 is 5.97 Å². The highest BCUT2D eigenvalue weighted by molar-refractivity contribution is 7.17. The molecule has 2 aromatic heterocycles. The van der Waals surface area contributed by atoms with Gasteiger partial charge in [-0.05, 0) is 47.7 Å². The quantitative estimate of drug-likeness (QED) is 0.313. The number of aromatic nitrogens is 1. The second-order valence-corrected chi connectivity index (χ2v) is 8.31. The molecule has 1 N–H and O–H groups in total. The number of ether oxygens (including phenoxy) is 2. The molecule has 0 amide bonds. The van der Waals surface area contributed by atoms with Crippen LogP contribution in [0.1, 0.15) is 27.0 Å². The van der Waals surface area contributed by atoms with Crippen molar-refractivity contribution in [2.24, 2.45) is 0 Å². The van der Waals surface area contributed by atoms with Crippen molar-refractivity contribution in [2.75, 3.05) is 0 Å². The van der Waals surface area contributed by atoms with Crippen LogP contribution in [0.25, 0.3) is 10.1 Å². The first-order valence-electron chi connectivity index (χ1n) is 9.40. The third-order valence-electron chi connectivity index (χ3n) is 4.60. The highest BCUT2D eigenvalue weighted by atomic mass is 35.5. The van der Waals surface area contributed by atoms with Gasteiger partial charge in [0.05, 0.1) is 10.3 Å². The van der Waals surface area contributed by atoms with Crippen molar-refractivity contribution in [1.29, 1.82) is 0 Å². The predicted octanol–water partition coefficient (Wildman–Crippen LogP) is 6.39. The lowest BCUT2D eigenvalue weighted by Gasteiger charge is -2.11. The number of aromatic carboxylic acids is 1. The first-order valence-corrected chi connectivity index (χ1v) is 10.7. The first-order chi connectivity index (χ1) is 15.3. The second-order valence-electron chi connectivity index (χ2n) is 7.07. The van der Waals surface area contributed by atoms with E-state index in [1.165, 1.54) is 29.7 Å². The third-order valence-corrected chi connectivity index (χ3v) is 5.95. The zero-order valence-corrected chi connectivity index (χ0v) is 18.3. The van der Waals surface area contributed by atoms with Crippen molar-refractivity contribution in [1.82, 2.24) is 4.98 Å². The Bertz CT molecular complexity index is 1300. The van der Waals surface area contributed by atoms with Crippen LogP contribution in [0.4, 0.5) is 8.78 Å². The predicted molar refractivity (Wildman–Crippen MR) is 118 cm³/mol. The summed E-state index contributed by atoms with van der Waals surface area (Å²) in [6.45, 7) is 2.00. The minimum Gasteiger partial charge on any atom is -0.489 e. The molecule has 0 saturated carbocycles. The standard InChI is InChI=1S/C23H16ClF2NO4S/c1-12-2-17(30-9-13-4-15(25)6-16(26)5-13)7-18(3-12)31-10-14-11-32-21-19(23(28)29)8-27-22(24)20(14)21/h2-8,11H,9-10H2,1H3,(H,28,29). The summed E-state index contributed by atoms with van der Waals surface area (Å²) in [6.07, 6.45) is 1.24. The van der Waals surface area contributed by atoms with E-state index in [4.69, 9.17) is 21.1 Å². The summed E-state index contributed by atoms with van der Waals surface area (Å²) in [5.41, 5.74) is 2.03. The van der Waals surface area contributed by atoms with E-state index in [-0.39, 0.29) is 23.9 Å². The van der Waals surface area contributed by atoms with Gasteiger partial charge < -0.3 is 14.6 Å². The Morgan fingerprint density at radius 1 is 1.06 bits per heavy atom. The molecule has 0 saturated heterocycles. The van der Waals surface area contributed by atoms with E-state index in [0.29, 0.717) is 32.7 Å². The van der Waals surface area contributed by atoms with Crippen LogP contribution in [-0.4, -0.2) is 16.1 Å². The molecule has 0 spiro atoms. The maximum atomic E-state index is 13.4. The molecule has 32 heavy (non-hydrogen) atoms. The number of halogens is 3. The summed E-state index contributed by atoms with van der Waals surface area (Å²) in [7, 11) is 0. The third kappa shape index (κ3) is 4.81. The molecule has 2 heterocycles. The molecule has 0 bridgehead atoms. The fourth-order valence-corrected chi connectivity index (χ4v) is 4.60. The van der Waals surface area contributed by atoms with Gasteiger partial charge in [0.2, 0.25) is 0 Å². The number of rotatable bonds is 7. The summed E-state index contributed by atoms with van der Waals surface area (Å²) in [4.78, 5) is 15.4. The summed E-state index contributed by atoms with van der Waals surface area (Å²) in [5.74, 6) is -1.42. The van der Waals surface area contributed by atoms with E-state index in [1.54, 1.807) is 17.5 Å². The molecule has 164 valence electrons. The number of thiophene rings is 1. The molecule has 4 rings (SSSR count). The Morgan fingerprint density at radius 3 is 2.38 bits per heavy atom. The number of nitrogens with zero attached hydrogens (tertiary/aromatic N) is 1. The monoisotopic (exact) mass is 475 g/mol. The van der Waals surface area contributed by atoms with Crippen LogP contribution in [0.3, 0.4) is 0 Å². The summed E-state index contributed by atoms with van der Waals surface area (Å²) in [5, 5.41) is 11.9. The number of fused-ring (bicyclic) bond motifs is 1. The Balaban J connectivity index is 1.51. The lowest BCUT2D eigenvalue weighted by atomic mass is 10.1. The second kappa shape index (κ2) is 9.10. The minimum atomic E-state index is -1.08. The topological polar surface area (TPSA) is 68.7 Å². The SMILES string of the molecule is Cc1cc(OCc2cc(F)cc(F)c2)cc(OCc2csc3c(C(=O)O)cnc(Cl)c23)c1. The number of carbonyl (C=O) groups is 1. The molecule has 0 aliphatic rings. The molecule has 0 aliphatic heterocycles. The van der Waals surface area contributed by atoms with Crippen molar-refractivity contribution in [3.05, 3.63) is 87.0 Å². The average Bonchev–Trinajstić information content (AvgIpc) is 3.15. The van der Waals surface area contributed by atoms with E-state index in [0.717, 1.165) is 11.6 Å². The number of carboxylic acids is 1.